The van der Waals surface area contributed by atoms with E-state index in [1.807, 2.05) is 0 Å². The molecule has 0 radical (unpaired) electrons. The molecule has 0 aliphatic heterocycles. The lowest BCUT2D eigenvalue weighted by atomic mass is 9.98. The minimum absolute atomic E-state index is 0.587. The van der Waals surface area contributed by atoms with E-state index in [0.29, 0.717) is 12.1 Å². The average molecular weight is 308 g/mol. The van der Waals surface area contributed by atoms with Crippen LogP contribution < -0.4 is 5.32 Å². The SMILES string of the molecule is C[C@@H](NC1CCc2cc(Br)ccc21)C1CCCC1. The summed E-state index contributed by atoms with van der Waals surface area (Å²) >= 11 is 3.57. The number of aryl methyl sites for hydroxylation is 1. The van der Waals surface area contributed by atoms with Crippen molar-refractivity contribution in [2.75, 3.05) is 0 Å². The van der Waals surface area contributed by atoms with Gasteiger partial charge in [-0.1, -0.05) is 34.8 Å². The Balaban J connectivity index is 1.68. The summed E-state index contributed by atoms with van der Waals surface area (Å²) < 4.78 is 1.21. The first-order valence-electron chi connectivity index (χ1n) is 7.28. The lowest BCUT2D eigenvalue weighted by Gasteiger charge is -2.25. The van der Waals surface area contributed by atoms with Gasteiger partial charge in [0.15, 0.2) is 0 Å². The van der Waals surface area contributed by atoms with Gasteiger partial charge in [0.05, 0.1) is 0 Å². The van der Waals surface area contributed by atoms with Gasteiger partial charge in [-0.3, -0.25) is 0 Å². The van der Waals surface area contributed by atoms with Gasteiger partial charge in [0, 0.05) is 16.6 Å². The molecule has 18 heavy (non-hydrogen) atoms. The third-order valence-electron chi connectivity index (χ3n) is 4.75. The summed E-state index contributed by atoms with van der Waals surface area (Å²) in [4.78, 5) is 0. The van der Waals surface area contributed by atoms with E-state index in [4.69, 9.17) is 0 Å². The van der Waals surface area contributed by atoms with Crippen LogP contribution in [0.15, 0.2) is 22.7 Å². The Bertz CT molecular complexity index is 423. The third-order valence-corrected chi connectivity index (χ3v) is 5.25. The van der Waals surface area contributed by atoms with Crippen LogP contribution in [0.1, 0.15) is 56.2 Å². The predicted octanol–water partition coefficient (Wildman–Crippen LogP) is 4.60. The minimum Gasteiger partial charge on any atom is -0.307 e. The van der Waals surface area contributed by atoms with Crippen molar-refractivity contribution in [1.29, 1.82) is 0 Å². The molecule has 1 aromatic carbocycles. The van der Waals surface area contributed by atoms with Crippen molar-refractivity contribution in [1.82, 2.24) is 5.32 Å². The van der Waals surface area contributed by atoms with Crippen molar-refractivity contribution >= 4 is 15.9 Å². The summed E-state index contributed by atoms with van der Waals surface area (Å²) in [7, 11) is 0. The zero-order valence-electron chi connectivity index (χ0n) is 11.1. The molecule has 1 nitrogen and oxygen atoms in total. The normalized spacial score (nSPS) is 25.3. The Hall–Kier alpha value is -0.340. The summed E-state index contributed by atoms with van der Waals surface area (Å²) in [5.41, 5.74) is 3.06. The summed E-state index contributed by atoms with van der Waals surface area (Å²) in [5, 5.41) is 3.88. The molecule has 0 saturated heterocycles. The second-order valence-corrected chi connectivity index (χ2v) is 6.85. The van der Waals surface area contributed by atoms with Crippen LogP contribution in [0, 0.1) is 5.92 Å². The molecule has 0 spiro atoms. The lowest BCUT2D eigenvalue weighted by molar-refractivity contribution is 0.342. The largest absolute Gasteiger partial charge is 0.307 e. The maximum Gasteiger partial charge on any atom is 0.0328 e. The number of benzene rings is 1. The van der Waals surface area contributed by atoms with Gasteiger partial charge < -0.3 is 5.32 Å². The van der Waals surface area contributed by atoms with Crippen molar-refractivity contribution in [3.63, 3.8) is 0 Å². The molecule has 1 unspecified atom stereocenters. The fourth-order valence-corrected chi connectivity index (χ4v) is 4.08. The molecule has 1 saturated carbocycles. The van der Waals surface area contributed by atoms with Crippen molar-refractivity contribution in [3.8, 4) is 0 Å². The van der Waals surface area contributed by atoms with Gasteiger partial charge in [-0.25, -0.2) is 0 Å². The van der Waals surface area contributed by atoms with Crippen molar-refractivity contribution < 1.29 is 0 Å². The molecule has 1 N–H and O–H groups in total. The summed E-state index contributed by atoms with van der Waals surface area (Å²) in [6.45, 7) is 2.38. The molecule has 2 aliphatic rings. The molecular weight excluding hydrogens is 286 g/mol. The second kappa shape index (κ2) is 5.34. The van der Waals surface area contributed by atoms with Gasteiger partial charge in [0.2, 0.25) is 0 Å². The van der Waals surface area contributed by atoms with Crippen LogP contribution in [0.4, 0.5) is 0 Å². The molecule has 0 amide bonds. The summed E-state index contributed by atoms with van der Waals surface area (Å²) in [6.07, 6.45) is 8.21. The number of rotatable bonds is 3. The van der Waals surface area contributed by atoms with Crippen LogP contribution in [0.25, 0.3) is 0 Å². The Labute approximate surface area is 118 Å². The van der Waals surface area contributed by atoms with Crippen LogP contribution >= 0.6 is 15.9 Å². The second-order valence-electron chi connectivity index (χ2n) is 5.93. The predicted molar refractivity (Wildman–Crippen MR) is 79.8 cm³/mol. The van der Waals surface area contributed by atoms with E-state index in [0.717, 1.165) is 5.92 Å². The van der Waals surface area contributed by atoms with E-state index in [2.05, 4.69) is 46.4 Å². The first-order valence-corrected chi connectivity index (χ1v) is 8.08. The molecule has 2 aliphatic carbocycles. The highest BCUT2D eigenvalue weighted by molar-refractivity contribution is 9.10. The van der Waals surface area contributed by atoms with E-state index in [1.54, 1.807) is 0 Å². The Morgan fingerprint density at radius 2 is 2.00 bits per heavy atom. The molecular formula is C16H22BrN. The van der Waals surface area contributed by atoms with Crippen LogP contribution in [0.2, 0.25) is 0 Å². The first kappa shape index (κ1) is 12.7. The maximum atomic E-state index is 3.88. The molecule has 98 valence electrons. The number of hydrogen-bond acceptors (Lipinski definition) is 1. The summed E-state index contributed by atoms with van der Waals surface area (Å²) in [5.74, 6) is 0.907. The molecule has 0 heterocycles. The van der Waals surface area contributed by atoms with Gasteiger partial charge in [0.1, 0.15) is 0 Å². The van der Waals surface area contributed by atoms with Crippen LogP contribution in [-0.2, 0) is 6.42 Å². The quantitative estimate of drug-likeness (QED) is 0.860. The Morgan fingerprint density at radius 3 is 2.78 bits per heavy atom. The monoisotopic (exact) mass is 307 g/mol. The zero-order chi connectivity index (χ0) is 12.5. The van der Waals surface area contributed by atoms with Crippen LogP contribution in [0.5, 0.6) is 0 Å². The number of hydrogen-bond donors (Lipinski definition) is 1. The molecule has 1 fully saturated rings. The molecule has 2 atom stereocenters. The minimum atomic E-state index is 0.587. The van der Waals surface area contributed by atoms with E-state index in [-0.39, 0.29) is 0 Å². The Kier molecular flexibility index (Phi) is 3.76. The van der Waals surface area contributed by atoms with Gasteiger partial charge >= 0.3 is 0 Å². The van der Waals surface area contributed by atoms with Gasteiger partial charge in [0.25, 0.3) is 0 Å². The zero-order valence-corrected chi connectivity index (χ0v) is 12.7. The first-order chi connectivity index (χ1) is 8.74. The Morgan fingerprint density at radius 1 is 1.22 bits per heavy atom. The smallest absolute Gasteiger partial charge is 0.0328 e. The van der Waals surface area contributed by atoms with E-state index < -0.39 is 0 Å². The van der Waals surface area contributed by atoms with Crippen LogP contribution in [-0.4, -0.2) is 6.04 Å². The van der Waals surface area contributed by atoms with E-state index in [1.165, 1.54) is 54.1 Å². The van der Waals surface area contributed by atoms with Gasteiger partial charge in [-0.05, 0) is 61.8 Å². The topological polar surface area (TPSA) is 12.0 Å². The molecule has 0 aromatic heterocycles. The number of fused-ring (bicyclic) bond motifs is 1. The molecule has 3 rings (SSSR count). The number of halogens is 1. The van der Waals surface area contributed by atoms with E-state index in [9.17, 15) is 0 Å². The highest BCUT2D eigenvalue weighted by atomic mass is 79.9. The lowest BCUT2D eigenvalue weighted by Crippen LogP contribution is -2.34. The number of nitrogens with one attached hydrogen (secondary N) is 1. The highest BCUT2D eigenvalue weighted by Gasteiger charge is 2.27. The third kappa shape index (κ3) is 2.50. The van der Waals surface area contributed by atoms with Crippen molar-refractivity contribution in [3.05, 3.63) is 33.8 Å². The standard InChI is InChI=1S/C16H22BrN/c1-11(12-4-2-3-5-12)18-16-9-6-13-10-14(17)7-8-15(13)16/h7-8,10-12,16,18H,2-6,9H2,1H3/t11-,16?/m1/s1. The summed E-state index contributed by atoms with van der Waals surface area (Å²) in [6, 6.07) is 8.03. The van der Waals surface area contributed by atoms with Crippen molar-refractivity contribution in [2.24, 2.45) is 5.92 Å². The van der Waals surface area contributed by atoms with Crippen LogP contribution in [0.3, 0.4) is 0 Å². The van der Waals surface area contributed by atoms with Crippen molar-refractivity contribution in [2.45, 2.75) is 57.5 Å². The van der Waals surface area contributed by atoms with Gasteiger partial charge in [-0.2, -0.15) is 0 Å². The molecule has 1 aromatic rings. The van der Waals surface area contributed by atoms with E-state index >= 15 is 0 Å². The highest BCUT2D eigenvalue weighted by Crippen LogP contribution is 2.35. The molecule has 2 heteroatoms. The fraction of sp³-hybridized carbons (Fsp3) is 0.625. The average Bonchev–Trinajstić information content (AvgIpc) is 2.98. The molecule has 0 bridgehead atoms. The fourth-order valence-electron chi connectivity index (χ4n) is 3.67. The van der Waals surface area contributed by atoms with Gasteiger partial charge in [-0.15, -0.1) is 0 Å². The maximum absolute atomic E-state index is 3.88.